The third-order valence-electron chi connectivity index (χ3n) is 1.59. The summed E-state index contributed by atoms with van der Waals surface area (Å²) in [4.78, 5) is 10.7. The Labute approximate surface area is 97.7 Å². The molecule has 1 aromatic rings. The number of hydrogen-bond acceptors (Lipinski definition) is 1. The summed E-state index contributed by atoms with van der Waals surface area (Å²) >= 11 is 15.8. The lowest BCUT2D eigenvalue weighted by Gasteiger charge is -2.12. The lowest BCUT2D eigenvalue weighted by Crippen LogP contribution is -2.09. The van der Waals surface area contributed by atoms with E-state index in [2.05, 4.69) is 0 Å². The van der Waals surface area contributed by atoms with Crippen molar-refractivity contribution in [3.8, 4) is 0 Å². The predicted molar refractivity (Wildman–Crippen MR) is 51.6 cm³/mol. The molecule has 0 unspecified atom stereocenters. The number of carbonyl (C=O) groups excluding carboxylic acids is 1. The fourth-order valence-corrected chi connectivity index (χ4v) is 1.84. The fraction of sp³-hybridized carbons (Fsp3) is 0.125. The van der Waals surface area contributed by atoms with Gasteiger partial charge in [-0.25, -0.2) is 0 Å². The maximum absolute atomic E-state index is 12.4. The van der Waals surface area contributed by atoms with Crippen LogP contribution in [0.25, 0.3) is 0 Å². The number of alkyl halides is 3. The van der Waals surface area contributed by atoms with Gasteiger partial charge in [0.15, 0.2) is 0 Å². The van der Waals surface area contributed by atoms with Crippen LogP contribution in [0, 0.1) is 0 Å². The van der Waals surface area contributed by atoms with Crippen molar-refractivity contribution in [2.75, 3.05) is 0 Å². The van der Waals surface area contributed by atoms with Gasteiger partial charge in [0.05, 0.1) is 21.2 Å². The molecular formula is C8H2Cl3F3O. The Balaban J connectivity index is 3.51. The van der Waals surface area contributed by atoms with E-state index in [1.54, 1.807) is 0 Å². The zero-order valence-electron chi connectivity index (χ0n) is 6.83. The molecular weight excluding hydrogens is 275 g/mol. The number of carbonyl (C=O) groups is 1. The molecule has 0 aromatic heterocycles. The number of hydrogen-bond donors (Lipinski definition) is 0. The lowest BCUT2D eigenvalue weighted by molar-refractivity contribution is -0.137. The first-order chi connectivity index (χ1) is 6.75. The molecule has 0 heterocycles. The second kappa shape index (κ2) is 4.20. The summed E-state index contributed by atoms with van der Waals surface area (Å²) in [5.41, 5.74) is -1.67. The second-order valence-electron chi connectivity index (χ2n) is 2.56. The predicted octanol–water partition coefficient (Wildman–Crippen LogP) is 4.39. The third kappa shape index (κ3) is 2.56. The average molecular weight is 277 g/mol. The molecule has 0 amide bonds. The molecule has 1 aromatic carbocycles. The Bertz CT molecular complexity index is 414. The van der Waals surface area contributed by atoms with Crippen LogP contribution >= 0.6 is 34.8 Å². The van der Waals surface area contributed by atoms with Gasteiger partial charge in [0.1, 0.15) is 0 Å². The Hall–Kier alpha value is -0.450. The molecule has 0 aliphatic heterocycles. The molecule has 82 valence electrons. The summed E-state index contributed by atoms with van der Waals surface area (Å²) in [6.45, 7) is 0. The van der Waals surface area contributed by atoms with E-state index in [0.717, 1.165) is 12.1 Å². The van der Waals surface area contributed by atoms with Crippen molar-refractivity contribution in [3.63, 3.8) is 0 Å². The normalized spacial score (nSPS) is 11.6. The van der Waals surface area contributed by atoms with Crippen LogP contribution in [0.15, 0.2) is 12.1 Å². The molecule has 0 saturated heterocycles. The summed E-state index contributed by atoms with van der Waals surface area (Å²) in [6.07, 6.45) is -4.73. The molecule has 1 nitrogen and oxygen atoms in total. The standard InChI is InChI=1S/C8H2Cl3F3O/c9-4-2-1-3(7(11)15)6(10)5(4)8(12,13)14/h1-2H. The van der Waals surface area contributed by atoms with Gasteiger partial charge in [-0.15, -0.1) is 0 Å². The van der Waals surface area contributed by atoms with E-state index in [9.17, 15) is 18.0 Å². The van der Waals surface area contributed by atoms with Crippen molar-refractivity contribution in [2.24, 2.45) is 0 Å². The van der Waals surface area contributed by atoms with Gasteiger partial charge in [0, 0.05) is 0 Å². The Morgan fingerprint density at radius 3 is 2.13 bits per heavy atom. The first kappa shape index (κ1) is 12.6. The Morgan fingerprint density at radius 2 is 1.73 bits per heavy atom. The third-order valence-corrected chi connectivity index (χ3v) is 2.50. The molecule has 1 rings (SSSR count). The minimum Gasteiger partial charge on any atom is -0.276 e. The lowest BCUT2D eigenvalue weighted by atomic mass is 10.1. The highest BCUT2D eigenvalue weighted by molar-refractivity contribution is 6.68. The van der Waals surface area contributed by atoms with E-state index in [1.807, 2.05) is 0 Å². The van der Waals surface area contributed by atoms with Crippen LogP contribution in [0.3, 0.4) is 0 Å². The molecule has 0 saturated carbocycles. The molecule has 0 aliphatic carbocycles. The Kier molecular flexibility index (Phi) is 3.53. The minimum absolute atomic E-state index is 0.421. The highest BCUT2D eigenvalue weighted by Gasteiger charge is 2.37. The molecule has 0 N–H and O–H groups in total. The first-order valence-electron chi connectivity index (χ1n) is 3.50. The van der Waals surface area contributed by atoms with Crippen LogP contribution in [0.2, 0.25) is 10.0 Å². The van der Waals surface area contributed by atoms with Gasteiger partial charge in [0.2, 0.25) is 0 Å². The molecule has 0 bridgehead atoms. The molecule has 7 heteroatoms. The summed E-state index contributed by atoms with van der Waals surface area (Å²) in [7, 11) is 0. The molecule has 0 radical (unpaired) electrons. The fourth-order valence-electron chi connectivity index (χ4n) is 0.964. The molecule has 0 spiro atoms. The average Bonchev–Trinajstić information content (AvgIpc) is 2.00. The Morgan fingerprint density at radius 1 is 1.20 bits per heavy atom. The summed E-state index contributed by atoms with van der Waals surface area (Å²) in [5.74, 6) is 0. The van der Waals surface area contributed by atoms with Crippen LogP contribution in [-0.4, -0.2) is 5.24 Å². The maximum atomic E-state index is 12.4. The van der Waals surface area contributed by atoms with Crippen LogP contribution in [-0.2, 0) is 6.18 Å². The van der Waals surface area contributed by atoms with Crippen LogP contribution in [0.5, 0.6) is 0 Å². The highest BCUT2D eigenvalue weighted by Crippen LogP contribution is 2.41. The minimum atomic E-state index is -4.73. The van der Waals surface area contributed by atoms with Gasteiger partial charge in [-0.05, 0) is 23.7 Å². The first-order valence-corrected chi connectivity index (χ1v) is 4.63. The van der Waals surface area contributed by atoms with Crippen molar-refractivity contribution in [3.05, 3.63) is 33.3 Å². The summed E-state index contributed by atoms with van der Waals surface area (Å²) < 4.78 is 37.3. The van der Waals surface area contributed by atoms with Crippen molar-refractivity contribution >= 4 is 40.0 Å². The quantitative estimate of drug-likeness (QED) is 0.696. The molecule has 15 heavy (non-hydrogen) atoms. The van der Waals surface area contributed by atoms with E-state index < -0.39 is 32.6 Å². The van der Waals surface area contributed by atoms with Crippen molar-refractivity contribution in [2.45, 2.75) is 6.18 Å². The van der Waals surface area contributed by atoms with Crippen LogP contribution in [0.1, 0.15) is 15.9 Å². The van der Waals surface area contributed by atoms with E-state index >= 15 is 0 Å². The highest BCUT2D eigenvalue weighted by atomic mass is 35.5. The van der Waals surface area contributed by atoms with E-state index in [1.165, 1.54) is 0 Å². The maximum Gasteiger partial charge on any atom is 0.419 e. The monoisotopic (exact) mass is 276 g/mol. The van der Waals surface area contributed by atoms with E-state index in [-0.39, 0.29) is 0 Å². The van der Waals surface area contributed by atoms with Gasteiger partial charge in [-0.3, -0.25) is 4.79 Å². The largest absolute Gasteiger partial charge is 0.419 e. The molecule has 0 aliphatic rings. The second-order valence-corrected chi connectivity index (χ2v) is 3.68. The van der Waals surface area contributed by atoms with Gasteiger partial charge >= 0.3 is 6.18 Å². The van der Waals surface area contributed by atoms with E-state index in [4.69, 9.17) is 34.8 Å². The van der Waals surface area contributed by atoms with Gasteiger partial charge in [-0.1, -0.05) is 23.2 Å². The summed E-state index contributed by atoms with van der Waals surface area (Å²) in [5, 5.41) is -2.42. The van der Waals surface area contributed by atoms with Crippen LogP contribution in [0.4, 0.5) is 13.2 Å². The van der Waals surface area contributed by atoms with E-state index in [0.29, 0.717) is 0 Å². The van der Waals surface area contributed by atoms with Crippen molar-refractivity contribution in [1.29, 1.82) is 0 Å². The topological polar surface area (TPSA) is 17.1 Å². The molecule has 0 atom stereocenters. The van der Waals surface area contributed by atoms with Gasteiger partial charge in [-0.2, -0.15) is 13.2 Å². The SMILES string of the molecule is O=C(Cl)c1ccc(Cl)c(C(F)(F)F)c1Cl. The zero-order chi connectivity index (χ0) is 11.8. The van der Waals surface area contributed by atoms with Gasteiger partial charge < -0.3 is 0 Å². The summed E-state index contributed by atoms with van der Waals surface area (Å²) in [6, 6.07) is 1.96. The van der Waals surface area contributed by atoms with Crippen molar-refractivity contribution < 1.29 is 18.0 Å². The smallest absolute Gasteiger partial charge is 0.276 e. The van der Waals surface area contributed by atoms with Crippen LogP contribution < -0.4 is 0 Å². The molecule has 0 fully saturated rings. The number of benzene rings is 1. The number of rotatable bonds is 1. The number of halogens is 6. The van der Waals surface area contributed by atoms with Crippen molar-refractivity contribution in [1.82, 2.24) is 0 Å². The van der Waals surface area contributed by atoms with Gasteiger partial charge in [0.25, 0.3) is 5.24 Å². The zero-order valence-corrected chi connectivity index (χ0v) is 9.10.